The van der Waals surface area contributed by atoms with Gasteiger partial charge in [0.05, 0.1) is 14.0 Å². The van der Waals surface area contributed by atoms with Crippen LogP contribution in [0.3, 0.4) is 0 Å². The smallest absolute Gasteiger partial charge is 0.418 e. The van der Waals surface area contributed by atoms with Gasteiger partial charge in [-0.2, -0.15) is 0 Å². The first-order chi connectivity index (χ1) is 17.7. The summed E-state index contributed by atoms with van der Waals surface area (Å²) in [5.74, 6) is -1.65. The molecule has 8 nitrogen and oxygen atoms in total. The van der Waals surface area contributed by atoms with Gasteiger partial charge in [-0.05, 0) is 29.3 Å². The molecule has 1 radical (unpaired) electrons. The molecule has 9 heteroatoms. The Kier molecular flexibility index (Phi) is 9.21. The Labute approximate surface area is 218 Å². The molecular formula is C27H26BrN2O6. The molecule has 1 amide bonds. The molecule has 0 spiro atoms. The van der Waals surface area contributed by atoms with E-state index in [2.05, 4.69) is 15.9 Å². The summed E-state index contributed by atoms with van der Waals surface area (Å²) in [6.45, 7) is 0.474. The predicted octanol–water partition coefficient (Wildman–Crippen LogP) is 2.81. The minimum Gasteiger partial charge on any atom is -0.508 e. The summed E-state index contributed by atoms with van der Waals surface area (Å²) < 4.78 is 14.3. The van der Waals surface area contributed by atoms with E-state index in [1.165, 1.54) is 29.6 Å². The van der Waals surface area contributed by atoms with Crippen LogP contribution in [-0.4, -0.2) is 52.0 Å². The number of aliphatic hydroxyl groups excluding tert-OH is 1. The molecule has 0 aliphatic carbocycles. The number of hydrogen-bond donors (Lipinski definition) is 3. The van der Waals surface area contributed by atoms with Gasteiger partial charge in [0, 0.05) is 23.0 Å². The number of carbonyl (C=O) groups excluding carboxylic acids is 3. The summed E-state index contributed by atoms with van der Waals surface area (Å²) in [5.41, 5.74) is 7.16. The summed E-state index contributed by atoms with van der Waals surface area (Å²) in [6.07, 6.45) is -2.66. The van der Waals surface area contributed by atoms with Crippen LogP contribution in [0.5, 0.6) is 5.75 Å². The van der Waals surface area contributed by atoms with Crippen molar-refractivity contribution < 1.29 is 30.7 Å². The molecule has 1 unspecified atom stereocenters. The first kappa shape index (κ1) is 25.6. The van der Waals surface area contributed by atoms with Crippen molar-refractivity contribution in [1.29, 1.82) is 0 Å². The molecule has 0 heterocycles. The van der Waals surface area contributed by atoms with Crippen LogP contribution >= 0.6 is 15.9 Å². The number of carbonyl (C=O) groups is 2. The fourth-order valence-corrected chi connectivity index (χ4v) is 4.15. The van der Waals surface area contributed by atoms with Gasteiger partial charge in [0.15, 0.2) is 6.08 Å². The van der Waals surface area contributed by atoms with Crippen LogP contribution in [0.25, 0.3) is 0 Å². The van der Waals surface area contributed by atoms with Gasteiger partial charge in [-0.1, -0.05) is 76.6 Å². The number of aliphatic hydroxyl groups is 1. The number of halogens is 1. The predicted molar refractivity (Wildman–Crippen MR) is 136 cm³/mol. The second kappa shape index (κ2) is 13.0. The number of phenols is 1. The van der Waals surface area contributed by atoms with E-state index in [1.54, 1.807) is 60.7 Å². The van der Waals surface area contributed by atoms with Gasteiger partial charge in [0.1, 0.15) is 11.8 Å². The third kappa shape index (κ3) is 6.78. The van der Waals surface area contributed by atoms with Crippen LogP contribution in [-0.2, 0) is 32.1 Å². The molecule has 0 aliphatic heterocycles. The summed E-state index contributed by atoms with van der Waals surface area (Å²) in [4.78, 5) is 40.1. The highest BCUT2D eigenvalue weighted by molar-refractivity contribution is 9.10. The third-order valence-corrected chi connectivity index (χ3v) is 6.21. The summed E-state index contributed by atoms with van der Waals surface area (Å²) in [6, 6.07) is 18.4. The molecule has 0 saturated carbocycles. The van der Waals surface area contributed by atoms with Gasteiger partial charge >= 0.3 is 6.47 Å². The zero-order valence-electron chi connectivity index (χ0n) is 20.2. The molecule has 36 heavy (non-hydrogen) atoms. The molecule has 4 N–H and O–H groups in total. The Balaban J connectivity index is 2.17. The molecule has 0 bridgehead atoms. The number of nitrogens with zero attached hydrogens (tertiary/aromatic N) is 1. The highest BCUT2D eigenvalue weighted by atomic mass is 79.9. The Morgan fingerprint density at radius 1 is 1.03 bits per heavy atom. The Morgan fingerprint density at radius 2 is 1.67 bits per heavy atom. The number of hydrogen-bond acceptors (Lipinski definition) is 7. The van der Waals surface area contributed by atoms with E-state index in [0.717, 1.165) is 0 Å². The van der Waals surface area contributed by atoms with Crippen molar-refractivity contribution in [1.82, 2.24) is 4.90 Å². The Bertz CT molecular complexity index is 1230. The topological polar surface area (TPSA) is 130 Å². The van der Waals surface area contributed by atoms with E-state index in [1.807, 2.05) is 0 Å². The van der Waals surface area contributed by atoms with E-state index in [0.29, 0.717) is 15.6 Å². The van der Waals surface area contributed by atoms with E-state index in [-0.39, 0.29) is 24.3 Å². The number of phenolic OH excluding ortho intramolecular Hbond substituents is 1. The van der Waals surface area contributed by atoms with Crippen molar-refractivity contribution >= 4 is 34.1 Å². The molecular weight excluding hydrogens is 528 g/mol. The Hall–Kier alpha value is -3.53. The van der Waals surface area contributed by atoms with Gasteiger partial charge in [-0.3, -0.25) is 9.59 Å². The van der Waals surface area contributed by atoms with Crippen LogP contribution < -0.4 is 5.73 Å². The largest absolute Gasteiger partial charge is 0.508 e. The molecule has 3 rings (SSSR count). The van der Waals surface area contributed by atoms with Crippen molar-refractivity contribution in [2.24, 2.45) is 5.73 Å². The van der Waals surface area contributed by atoms with Crippen molar-refractivity contribution in [3.63, 3.8) is 0 Å². The lowest BCUT2D eigenvalue weighted by Gasteiger charge is -2.34. The second-order valence-corrected chi connectivity index (χ2v) is 8.84. The number of ether oxygens (including phenoxy) is 1. The van der Waals surface area contributed by atoms with Crippen LogP contribution in [0.1, 0.15) is 24.1 Å². The minimum absolute atomic E-state index is 0.00749. The van der Waals surface area contributed by atoms with E-state index in [9.17, 15) is 24.6 Å². The monoisotopic (exact) mass is 554 g/mol. The lowest BCUT2D eigenvalue weighted by Crippen LogP contribution is -2.54. The van der Waals surface area contributed by atoms with Gasteiger partial charge in [0.25, 0.3) is 0 Å². The fraction of sp³-hybridized carbons (Fsp3) is 0.222. The number of Topliss-reactive ketones (excluding diaryl/α,β-unsaturated/α-hetero) is 1. The molecule has 0 aromatic heterocycles. The number of nitrogens with two attached hydrogens (primary N) is 1. The van der Waals surface area contributed by atoms with Crippen molar-refractivity contribution in [3.05, 3.63) is 100 Å². The lowest BCUT2D eigenvalue weighted by atomic mass is 9.93. The van der Waals surface area contributed by atoms with Crippen molar-refractivity contribution in [2.45, 2.75) is 31.1 Å². The average Bonchev–Trinajstić information content (AvgIpc) is 2.91. The molecule has 0 fully saturated rings. The lowest BCUT2D eigenvalue weighted by molar-refractivity contribution is -0.145. The second-order valence-electron chi connectivity index (χ2n) is 7.99. The Morgan fingerprint density at radius 3 is 2.28 bits per heavy atom. The van der Waals surface area contributed by atoms with Gasteiger partial charge < -0.3 is 25.6 Å². The maximum Gasteiger partial charge on any atom is 0.418 e. The van der Waals surface area contributed by atoms with E-state index in [4.69, 9.17) is 11.8 Å². The van der Waals surface area contributed by atoms with Crippen molar-refractivity contribution in [2.75, 3.05) is 6.61 Å². The standard InChI is InChI=1S/C27H26BrN2O6/c28-22-9-5-4-8-21(22)26(36-17-32)25(34)24(14-18-10-12-20(33)13-11-18)30(27(35)23(29)16-31)15-19-6-2-1-3-7-19/h1-13,23-24,26,31,33H,14-16,29H2/t23-,24-,26?/m0/s1/i26D. The minimum atomic E-state index is -2.57. The third-order valence-electron chi connectivity index (χ3n) is 5.52. The van der Waals surface area contributed by atoms with Gasteiger partial charge in [-0.15, -0.1) is 0 Å². The normalized spacial score (nSPS) is 14.6. The maximum absolute atomic E-state index is 14.2. The maximum atomic E-state index is 14.2. The molecule has 187 valence electrons. The highest BCUT2D eigenvalue weighted by Gasteiger charge is 2.38. The number of rotatable bonds is 12. The molecule has 0 saturated heterocycles. The average molecular weight is 555 g/mol. The van der Waals surface area contributed by atoms with Crippen LogP contribution in [0, 0.1) is 0 Å². The van der Waals surface area contributed by atoms with Crippen LogP contribution in [0.2, 0.25) is 0 Å². The summed E-state index contributed by atoms with van der Waals surface area (Å²) in [5, 5.41) is 19.3. The molecule has 3 aromatic carbocycles. The molecule has 3 aromatic rings. The number of ketones is 1. The molecule has 0 aliphatic rings. The zero-order chi connectivity index (χ0) is 27.0. The van der Waals surface area contributed by atoms with Gasteiger partial charge in [0.2, 0.25) is 11.7 Å². The van der Waals surface area contributed by atoms with Gasteiger partial charge in [-0.25, -0.2) is 4.79 Å². The first-order valence-electron chi connectivity index (χ1n) is 11.5. The number of benzene rings is 3. The summed E-state index contributed by atoms with van der Waals surface area (Å²) in [7, 11) is 0. The zero-order valence-corrected chi connectivity index (χ0v) is 20.8. The fourth-order valence-electron chi connectivity index (χ4n) is 3.69. The first-order valence-corrected chi connectivity index (χ1v) is 11.8. The van der Waals surface area contributed by atoms with Crippen LogP contribution in [0.4, 0.5) is 0 Å². The van der Waals surface area contributed by atoms with E-state index >= 15 is 0 Å². The quantitative estimate of drug-likeness (QED) is 0.313. The SMILES string of the molecule is [2H]C(O[C]=O)(C(=O)[C@H](Cc1ccc(O)cc1)N(Cc1ccccc1)C(=O)[C@@H](N)CO)c1ccccc1Br. The van der Waals surface area contributed by atoms with Crippen LogP contribution in [0.15, 0.2) is 83.3 Å². The van der Waals surface area contributed by atoms with E-state index < -0.39 is 36.5 Å². The van der Waals surface area contributed by atoms with Crippen molar-refractivity contribution in [3.8, 4) is 5.75 Å². The number of amides is 1. The highest BCUT2D eigenvalue weighted by Crippen LogP contribution is 2.30. The molecule has 3 atom stereocenters. The summed E-state index contributed by atoms with van der Waals surface area (Å²) >= 11 is 3.31. The number of aromatic hydroxyl groups is 1.